The maximum atomic E-state index is 11.9. The van der Waals surface area contributed by atoms with Gasteiger partial charge in [-0.05, 0) is 63.0 Å². The van der Waals surface area contributed by atoms with Crippen LogP contribution in [0.15, 0.2) is 54.9 Å². The molecule has 1 fully saturated rings. The lowest BCUT2D eigenvalue weighted by Crippen LogP contribution is -2.45. The van der Waals surface area contributed by atoms with Gasteiger partial charge in [-0.3, -0.25) is 19.7 Å². The lowest BCUT2D eigenvalue weighted by Gasteiger charge is -2.36. The van der Waals surface area contributed by atoms with Crippen molar-refractivity contribution in [2.75, 3.05) is 46.3 Å². The van der Waals surface area contributed by atoms with Crippen LogP contribution in [0.2, 0.25) is 0 Å². The van der Waals surface area contributed by atoms with Crippen molar-refractivity contribution < 1.29 is 9.90 Å². The predicted octanol–water partition coefficient (Wildman–Crippen LogP) is 4.19. The van der Waals surface area contributed by atoms with E-state index in [0.29, 0.717) is 6.54 Å². The standard InChI is InChI=1S/C31H38N6O2/c1-34-17-19-35(20-18-34)15-6-16-36(28-11-4-7-23-8-5-13-33-30(23)28)21-26-31-25(12-14-32-26)24-9-2-3-10-27(24)37(31)22-29(38)39/h2-3,5,8-10,12-14,28H,4,6-7,11,15-22H2,1H3,(H,38,39)/t28-/m0/s1. The monoisotopic (exact) mass is 526 g/mol. The predicted molar refractivity (Wildman–Crippen MR) is 154 cm³/mol. The van der Waals surface area contributed by atoms with Gasteiger partial charge in [0.25, 0.3) is 0 Å². The summed E-state index contributed by atoms with van der Waals surface area (Å²) in [6.45, 7) is 7.12. The summed E-state index contributed by atoms with van der Waals surface area (Å²) in [5.74, 6) is -0.845. The highest BCUT2D eigenvalue weighted by Crippen LogP contribution is 2.36. The highest BCUT2D eigenvalue weighted by Gasteiger charge is 2.29. The maximum Gasteiger partial charge on any atom is 0.323 e. The maximum absolute atomic E-state index is 11.9. The van der Waals surface area contributed by atoms with E-state index in [1.165, 1.54) is 11.3 Å². The first-order valence-electron chi connectivity index (χ1n) is 14.2. The first kappa shape index (κ1) is 25.9. The van der Waals surface area contributed by atoms with Gasteiger partial charge in [0.1, 0.15) is 6.54 Å². The lowest BCUT2D eigenvalue weighted by molar-refractivity contribution is -0.137. The van der Waals surface area contributed by atoms with Crippen LogP contribution in [-0.4, -0.2) is 86.6 Å². The van der Waals surface area contributed by atoms with Crippen LogP contribution in [0.3, 0.4) is 0 Å². The molecule has 0 radical (unpaired) electrons. The number of nitrogens with zero attached hydrogens (tertiary/aromatic N) is 6. The van der Waals surface area contributed by atoms with Crippen LogP contribution >= 0.6 is 0 Å². The molecule has 204 valence electrons. The van der Waals surface area contributed by atoms with E-state index in [1.807, 2.05) is 47.3 Å². The van der Waals surface area contributed by atoms with Gasteiger partial charge in [0.15, 0.2) is 0 Å². The van der Waals surface area contributed by atoms with Crippen LogP contribution in [0.5, 0.6) is 0 Å². The van der Waals surface area contributed by atoms with Gasteiger partial charge in [-0.2, -0.15) is 0 Å². The fraction of sp³-hybridized carbons (Fsp3) is 0.452. The van der Waals surface area contributed by atoms with Gasteiger partial charge in [-0.15, -0.1) is 0 Å². The molecular weight excluding hydrogens is 488 g/mol. The van der Waals surface area contributed by atoms with Gasteiger partial charge in [0, 0.05) is 68.0 Å². The minimum Gasteiger partial charge on any atom is -0.480 e. The molecule has 0 spiro atoms. The molecule has 0 bridgehead atoms. The zero-order chi connectivity index (χ0) is 26.8. The zero-order valence-corrected chi connectivity index (χ0v) is 22.8. The number of likely N-dealkylation sites (N-methyl/N-ethyl adjacent to an activating group) is 1. The molecule has 1 aliphatic heterocycles. The number of piperazine rings is 1. The molecule has 3 aromatic heterocycles. The SMILES string of the molecule is CN1CCN(CCCN(Cc2nccc3c4ccccc4n(CC(=O)O)c23)[C@H]2CCCc3cccnc32)CC1. The molecule has 4 heterocycles. The molecule has 1 atom stereocenters. The summed E-state index contributed by atoms with van der Waals surface area (Å²) < 4.78 is 1.94. The summed E-state index contributed by atoms with van der Waals surface area (Å²) in [6.07, 6.45) is 8.18. The minimum atomic E-state index is -0.845. The van der Waals surface area contributed by atoms with Gasteiger partial charge in [0.05, 0.1) is 22.9 Å². The van der Waals surface area contributed by atoms with E-state index in [2.05, 4.69) is 33.9 Å². The van der Waals surface area contributed by atoms with Crippen LogP contribution in [0.1, 0.15) is 42.3 Å². The Hall–Kier alpha value is -3.33. The molecule has 39 heavy (non-hydrogen) atoms. The van der Waals surface area contributed by atoms with Crippen LogP contribution < -0.4 is 0 Å². The van der Waals surface area contributed by atoms with Crippen molar-refractivity contribution in [3.8, 4) is 0 Å². The lowest BCUT2D eigenvalue weighted by atomic mass is 9.90. The third-order valence-corrected chi connectivity index (χ3v) is 8.52. The molecule has 1 N–H and O–H groups in total. The van der Waals surface area contributed by atoms with Crippen molar-refractivity contribution in [2.45, 2.75) is 44.8 Å². The second-order valence-electron chi connectivity index (χ2n) is 11.1. The highest BCUT2D eigenvalue weighted by atomic mass is 16.4. The Morgan fingerprint density at radius 3 is 2.72 bits per heavy atom. The highest BCUT2D eigenvalue weighted by molar-refractivity contribution is 6.09. The summed E-state index contributed by atoms with van der Waals surface area (Å²) in [7, 11) is 2.20. The second kappa shape index (κ2) is 11.4. The molecule has 1 aliphatic carbocycles. The molecule has 1 saturated heterocycles. The molecule has 4 aromatic rings. The van der Waals surface area contributed by atoms with Crippen LogP contribution in [0.25, 0.3) is 21.8 Å². The first-order chi connectivity index (χ1) is 19.1. The van der Waals surface area contributed by atoms with E-state index in [-0.39, 0.29) is 12.6 Å². The smallest absolute Gasteiger partial charge is 0.323 e. The Labute approximate surface area is 229 Å². The molecule has 8 nitrogen and oxygen atoms in total. The molecule has 2 aliphatic rings. The molecule has 0 saturated carbocycles. The number of hydrogen-bond donors (Lipinski definition) is 1. The number of aliphatic carboxylic acids is 1. The van der Waals surface area contributed by atoms with Crippen LogP contribution in [0, 0.1) is 0 Å². The number of aromatic nitrogens is 3. The summed E-state index contributed by atoms with van der Waals surface area (Å²) in [5.41, 5.74) is 5.36. The summed E-state index contributed by atoms with van der Waals surface area (Å²) in [6, 6.07) is 14.6. The Morgan fingerprint density at radius 2 is 1.87 bits per heavy atom. The van der Waals surface area contributed by atoms with E-state index < -0.39 is 5.97 Å². The van der Waals surface area contributed by atoms with Gasteiger partial charge in [-0.25, -0.2) is 0 Å². The van der Waals surface area contributed by atoms with E-state index in [4.69, 9.17) is 9.97 Å². The average molecular weight is 527 g/mol. The number of carboxylic acids is 1. The topological polar surface area (TPSA) is 77.7 Å². The Balaban J connectivity index is 1.35. The van der Waals surface area contributed by atoms with Crippen molar-refractivity contribution in [3.63, 3.8) is 0 Å². The number of carbonyl (C=O) groups is 1. The van der Waals surface area contributed by atoms with Gasteiger partial charge >= 0.3 is 5.97 Å². The zero-order valence-electron chi connectivity index (χ0n) is 22.8. The first-order valence-corrected chi connectivity index (χ1v) is 14.2. The molecule has 0 unspecified atom stereocenters. The minimum absolute atomic E-state index is 0.0834. The van der Waals surface area contributed by atoms with Crippen molar-refractivity contribution in [1.82, 2.24) is 29.2 Å². The molecule has 6 rings (SSSR count). The number of pyridine rings is 2. The van der Waals surface area contributed by atoms with Crippen molar-refractivity contribution in [1.29, 1.82) is 0 Å². The fourth-order valence-electron chi connectivity index (χ4n) is 6.53. The van der Waals surface area contributed by atoms with Crippen LogP contribution in [-0.2, 0) is 24.3 Å². The number of rotatable bonds is 9. The van der Waals surface area contributed by atoms with Crippen molar-refractivity contribution in [3.05, 3.63) is 71.8 Å². The quantitative estimate of drug-likeness (QED) is 0.351. The Bertz CT molecular complexity index is 1460. The van der Waals surface area contributed by atoms with Crippen LogP contribution in [0.4, 0.5) is 0 Å². The molecule has 0 amide bonds. The summed E-state index contributed by atoms with van der Waals surface area (Å²) in [5, 5.41) is 11.9. The normalized spacial score (nSPS) is 18.7. The fourth-order valence-corrected chi connectivity index (χ4v) is 6.53. The van der Waals surface area contributed by atoms with E-state index >= 15 is 0 Å². The number of para-hydroxylation sites is 1. The van der Waals surface area contributed by atoms with Gasteiger partial charge in [-0.1, -0.05) is 24.3 Å². The van der Waals surface area contributed by atoms with E-state index in [1.54, 1.807) is 0 Å². The Kier molecular flexibility index (Phi) is 7.59. The third-order valence-electron chi connectivity index (χ3n) is 8.52. The molecular formula is C31H38N6O2. The number of benzene rings is 1. The second-order valence-corrected chi connectivity index (χ2v) is 11.1. The van der Waals surface area contributed by atoms with Crippen molar-refractivity contribution >= 4 is 27.8 Å². The Morgan fingerprint density at radius 1 is 1.03 bits per heavy atom. The van der Waals surface area contributed by atoms with Crippen molar-refractivity contribution in [2.24, 2.45) is 0 Å². The number of fused-ring (bicyclic) bond motifs is 4. The third kappa shape index (κ3) is 5.41. The molecule has 1 aromatic carbocycles. The number of aryl methyl sites for hydroxylation is 1. The van der Waals surface area contributed by atoms with E-state index in [0.717, 1.165) is 92.5 Å². The summed E-state index contributed by atoms with van der Waals surface area (Å²) >= 11 is 0. The summed E-state index contributed by atoms with van der Waals surface area (Å²) in [4.78, 5) is 29.2. The van der Waals surface area contributed by atoms with Gasteiger partial charge < -0.3 is 19.5 Å². The van der Waals surface area contributed by atoms with E-state index in [9.17, 15) is 9.90 Å². The van der Waals surface area contributed by atoms with Gasteiger partial charge in [0.2, 0.25) is 0 Å². The number of hydrogen-bond acceptors (Lipinski definition) is 6. The average Bonchev–Trinajstić information content (AvgIpc) is 3.27. The molecule has 8 heteroatoms. The largest absolute Gasteiger partial charge is 0.480 e. The number of carboxylic acid groups (broad SMARTS) is 1.